The SMILES string of the molecule is CN=C(NCCN1c2ccccc2CC1C)NCc1ncnn1C.I. The topological polar surface area (TPSA) is 70.4 Å². The van der Waals surface area contributed by atoms with Crippen molar-refractivity contribution in [3.05, 3.63) is 42.0 Å². The lowest BCUT2D eigenvalue weighted by atomic mass is 10.1. The van der Waals surface area contributed by atoms with E-state index >= 15 is 0 Å². The summed E-state index contributed by atoms with van der Waals surface area (Å²) < 4.78 is 1.75. The molecule has 2 aromatic rings. The van der Waals surface area contributed by atoms with E-state index in [1.165, 1.54) is 11.3 Å². The van der Waals surface area contributed by atoms with Gasteiger partial charge in [-0.15, -0.1) is 24.0 Å². The molecule has 2 N–H and O–H groups in total. The van der Waals surface area contributed by atoms with E-state index in [1.54, 1.807) is 18.1 Å². The van der Waals surface area contributed by atoms with Gasteiger partial charge in [-0.25, -0.2) is 4.98 Å². The van der Waals surface area contributed by atoms with Gasteiger partial charge in [-0.1, -0.05) is 18.2 Å². The Morgan fingerprint density at radius 1 is 1.32 bits per heavy atom. The number of anilines is 1. The summed E-state index contributed by atoms with van der Waals surface area (Å²) in [5.41, 5.74) is 2.80. The van der Waals surface area contributed by atoms with Crippen molar-refractivity contribution < 1.29 is 0 Å². The van der Waals surface area contributed by atoms with E-state index < -0.39 is 0 Å². The third-order valence-electron chi connectivity index (χ3n) is 4.44. The molecule has 8 heteroatoms. The van der Waals surface area contributed by atoms with Crippen molar-refractivity contribution in [3.63, 3.8) is 0 Å². The molecule has 1 unspecified atom stereocenters. The molecule has 1 aromatic heterocycles. The van der Waals surface area contributed by atoms with Crippen LogP contribution in [0.1, 0.15) is 18.3 Å². The van der Waals surface area contributed by atoms with Gasteiger partial charge in [-0.2, -0.15) is 5.10 Å². The van der Waals surface area contributed by atoms with Crippen LogP contribution in [-0.2, 0) is 20.0 Å². The fourth-order valence-corrected chi connectivity index (χ4v) is 3.13. The van der Waals surface area contributed by atoms with E-state index in [0.29, 0.717) is 12.6 Å². The minimum atomic E-state index is 0. The van der Waals surface area contributed by atoms with Crippen LogP contribution in [0.25, 0.3) is 0 Å². The van der Waals surface area contributed by atoms with Gasteiger partial charge in [0.1, 0.15) is 12.2 Å². The number of rotatable bonds is 5. The summed E-state index contributed by atoms with van der Waals surface area (Å²) in [6.45, 7) is 4.65. The summed E-state index contributed by atoms with van der Waals surface area (Å²) in [4.78, 5) is 10.9. The number of guanidine groups is 1. The maximum atomic E-state index is 4.26. The summed E-state index contributed by atoms with van der Waals surface area (Å²) >= 11 is 0. The fraction of sp³-hybridized carbons (Fsp3) is 0.471. The second-order valence-corrected chi connectivity index (χ2v) is 6.03. The van der Waals surface area contributed by atoms with Gasteiger partial charge in [0.15, 0.2) is 5.96 Å². The normalized spacial score (nSPS) is 16.4. The molecule has 1 aromatic carbocycles. The molecule has 3 rings (SSSR count). The van der Waals surface area contributed by atoms with Gasteiger partial charge < -0.3 is 15.5 Å². The van der Waals surface area contributed by atoms with E-state index in [2.05, 4.69) is 61.8 Å². The van der Waals surface area contributed by atoms with E-state index in [9.17, 15) is 0 Å². The lowest BCUT2D eigenvalue weighted by Gasteiger charge is -2.25. The quantitative estimate of drug-likeness (QED) is 0.407. The van der Waals surface area contributed by atoms with Crippen molar-refractivity contribution in [2.45, 2.75) is 25.9 Å². The van der Waals surface area contributed by atoms with Crippen LogP contribution < -0.4 is 15.5 Å². The largest absolute Gasteiger partial charge is 0.367 e. The molecule has 0 saturated heterocycles. The molecule has 0 aliphatic carbocycles. The number of fused-ring (bicyclic) bond motifs is 1. The van der Waals surface area contributed by atoms with Crippen LogP contribution in [0.5, 0.6) is 0 Å². The van der Waals surface area contributed by atoms with Crippen molar-refractivity contribution in [3.8, 4) is 0 Å². The van der Waals surface area contributed by atoms with Crippen LogP contribution in [0.15, 0.2) is 35.6 Å². The molecule has 25 heavy (non-hydrogen) atoms. The summed E-state index contributed by atoms with van der Waals surface area (Å²) in [7, 11) is 3.66. The summed E-state index contributed by atoms with van der Waals surface area (Å²) in [6, 6.07) is 9.20. The molecule has 7 nitrogen and oxygen atoms in total. The lowest BCUT2D eigenvalue weighted by molar-refractivity contribution is 0.648. The fourth-order valence-electron chi connectivity index (χ4n) is 3.13. The molecule has 0 fully saturated rings. The molecular formula is C17H26IN7. The first-order valence-electron chi connectivity index (χ1n) is 8.31. The summed E-state index contributed by atoms with van der Waals surface area (Å²) in [5, 5.41) is 10.7. The molecule has 0 bridgehead atoms. The van der Waals surface area contributed by atoms with E-state index in [1.807, 2.05) is 7.05 Å². The molecule has 0 amide bonds. The molecule has 1 atom stereocenters. The molecule has 1 aliphatic rings. The first-order chi connectivity index (χ1) is 11.7. The maximum absolute atomic E-state index is 4.26. The van der Waals surface area contributed by atoms with Gasteiger partial charge in [-0.3, -0.25) is 9.67 Å². The molecule has 1 aliphatic heterocycles. The molecule has 136 valence electrons. The van der Waals surface area contributed by atoms with Crippen LogP contribution >= 0.6 is 24.0 Å². The summed E-state index contributed by atoms with van der Waals surface area (Å²) in [6.07, 6.45) is 2.68. The first kappa shape index (κ1) is 19.5. The second kappa shape index (κ2) is 9.02. The zero-order valence-corrected chi connectivity index (χ0v) is 17.3. The van der Waals surface area contributed by atoms with Gasteiger partial charge in [-0.05, 0) is 25.0 Å². The zero-order chi connectivity index (χ0) is 16.9. The number of benzene rings is 1. The minimum absolute atomic E-state index is 0. The van der Waals surface area contributed by atoms with Gasteiger partial charge >= 0.3 is 0 Å². The number of hydrogen-bond donors (Lipinski definition) is 2. The van der Waals surface area contributed by atoms with Crippen molar-refractivity contribution in [2.24, 2.45) is 12.0 Å². The Balaban J connectivity index is 0.00000225. The highest BCUT2D eigenvalue weighted by Crippen LogP contribution is 2.31. The van der Waals surface area contributed by atoms with Crippen LogP contribution in [0.4, 0.5) is 5.69 Å². The molecular weight excluding hydrogens is 429 g/mol. The monoisotopic (exact) mass is 455 g/mol. The highest BCUT2D eigenvalue weighted by atomic mass is 127. The number of halogens is 1. The number of hydrogen-bond acceptors (Lipinski definition) is 4. The third-order valence-corrected chi connectivity index (χ3v) is 4.44. The number of nitrogens with zero attached hydrogens (tertiary/aromatic N) is 5. The number of nitrogens with one attached hydrogen (secondary N) is 2. The molecule has 0 spiro atoms. The van der Waals surface area contributed by atoms with Gasteiger partial charge in [0.25, 0.3) is 0 Å². The van der Waals surface area contributed by atoms with Crippen LogP contribution in [0, 0.1) is 0 Å². The predicted molar refractivity (Wildman–Crippen MR) is 112 cm³/mol. The summed E-state index contributed by atoms with van der Waals surface area (Å²) in [5.74, 6) is 1.65. The highest BCUT2D eigenvalue weighted by molar-refractivity contribution is 14.0. The Morgan fingerprint density at radius 3 is 2.84 bits per heavy atom. The smallest absolute Gasteiger partial charge is 0.191 e. The van der Waals surface area contributed by atoms with Gasteiger partial charge in [0.2, 0.25) is 0 Å². The lowest BCUT2D eigenvalue weighted by Crippen LogP contribution is -2.42. The minimum Gasteiger partial charge on any atom is -0.367 e. The first-order valence-corrected chi connectivity index (χ1v) is 8.31. The van der Waals surface area contributed by atoms with Crippen molar-refractivity contribution in [2.75, 3.05) is 25.0 Å². The number of aliphatic imine (C=N–C) groups is 1. The third kappa shape index (κ3) is 4.62. The van der Waals surface area contributed by atoms with Crippen LogP contribution in [-0.4, -0.2) is 46.9 Å². The van der Waals surface area contributed by atoms with Crippen LogP contribution in [0.3, 0.4) is 0 Å². The zero-order valence-electron chi connectivity index (χ0n) is 14.9. The van der Waals surface area contributed by atoms with Gasteiger partial charge in [0, 0.05) is 38.9 Å². The number of aromatic nitrogens is 3. The van der Waals surface area contributed by atoms with Crippen molar-refractivity contribution in [1.29, 1.82) is 0 Å². The van der Waals surface area contributed by atoms with Crippen LogP contribution in [0.2, 0.25) is 0 Å². The van der Waals surface area contributed by atoms with E-state index in [0.717, 1.165) is 31.3 Å². The van der Waals surface area contributed by atoms with E-state index in [4.69, 9.17) is 0 Å². The maximum Gasteiger partial charge on any atom is 0.191 e. The highest BCUT2D eigenvalue weighted by Gasteiger charge is 2.24. The standard InChI is InChI=1S/C17H25N7.HI/c1-13-10-14-6-4-5-7-15(14)24(13)9-8-19-17(18-2)20-11-16-21-12-22-23(16)3;/h4-7,12-13H,8-11H2,1-3H3,(H2,18,19,20);1H. The Bertz CT molecular complexity index is 713. The average Bonchev–Trinajstić information content (AvgIpc) is 3.13. The second-order valence-electron chi connectivity index (χ2n) is 6.03. The Labute approximate surface area is 165 Å². The Hall–Kier alpha value is -1.84. The Kier molecular flexibility index (Phi) is 7.03. The molecule has 0 radical (unpaired) electrons. The molecule has 0 saturated carbocycles. The number of aryl methyl sites for hydroxylation is 1. The predicted octanol–water partition coefficient (Wildman–Crippen LogP) is 1.55. The van der Waals surface area contributed by atoms with Crippen molar-refractivity contribution >= 4 is 35.6 Å². The Morgan fingerprint density at radius 2 is 2.12 bits per heavy atom. The average molecular weight is 455 g/mol. The number of para-hydroxylation sites is 1. The van der Waals surface area contributed by atoms with E-state index in [-0.39, 0.29) is 24.0 Å². The van der Waals surface area contributed by atoms with Gasteiger partial charge in [0.05, 0.1) is 6.54 Å². The molecule has 2 heterocycles. The van der Waals surface area contributed by atoms with Crippen molar-refractivity contribution in [1.82, 2.24) is 25.4 Å².